The standard InChI is InChI=1S/C8H11NO2/c1-6-3-4-7(2)11-5-8(10)9-6/h3-4,7H,1,5H2,2H3,(H,9,10)/b4-3-. The fourth-order valence-electron chi connectivity index (χ4n) is 0.771. The molecule has 0 spiro atoms. The van der Waals surface area contributed by atoms with Crippen LogP contribution in [-0.2, 0) is 9.53 Å². The van der Waals surface area contributed by atoms with Gasteiger partial charge in [0.25, 0.3) is 0 Å². The quantitative estimate of drug-likeness (QED) is 0.553. The summed E-state index contributed by atoms with van der Waals surface area (Å²) in [5, 5.41) is 2.56. The zero-order valence-electron chi connectivity index (χ0n) is 6.46. The molecule has 60 valence electrons. The monoisotopic (exact) mass is 153 g/mol. The maximum absolute atomic E-state index is 10.9. The van der Waals surface area contributed by atoms with Crippen LogP contribution in [0.3, 0.4) is 0 Å². The number of hydrogen-bond donors (Lipinski definition) is 1. The molecule has 1 amide bonds. The minimum atomic E-state index is -0.147. The van der Waals surface area contributed by atoms with Crippen molar-refractivity contribution in [2.24, 2.45) is 0 Å². The third-order valence-corrected chi connectivity index (χ3v) is 1.35. The SMILES string of the molecule is C=C1/C=C\C(C)OCC(=O)N1. The molecule has 1 rings (SSSR count). The smallest absolute Gasteiger partial charge is 0.250 e. The molecule has 1 N–H and O–H groups in total. The topological polar surface area (TPSA) is 38.3 Å². The van der Waals surface area contributed by atoms with Crippen LogP contribution in [0, 0.1) is 0 Å². The molecule has 0 saturated heterocycles. The molecule has 0 fully saturated rings. The summed E-state index contributed by atoms with van der Waals surface area (Å²) in [5.41, 5.74) is 0.616. The lowest BCUT2D eigenvalue weighted by Crippen LogP contribution is -2.29. The number of nitrogens with one attached hydrogen (secondary N) is 1. The zero-order valence-corrected chi connectivity index (χ0v) is 6.46. The van der Waals surface area contributed by atoms with E-state index in [-0.39, 0.29) is 18.6 Å². The molecule has 0 radical (unpaired) electrons. The predicted molar refractivity (Wildman–Crippen MR) is 41.8 cm³/mol. The Morgan fingerprint density at radius 2 is 2.55 bits per heavy atom. The number of rotatable bonds is 0. The van der Waals surface area contributed by atoms with Crippen LogP contribution in [0.15, 0.2) is 24.4 Å². The first-order chi connectivity index (χ1) is 5.18. The van der Waals surface area contributed by atoms with Crippen molar-refractivity contribution in [3.8, 4) is 0 Å². The molecular formula is C8H11NO2. The van der Waals surface area contributed by atoms with Crippen molar-refractivity contribution >= 4 is 5.91 Å². The van der Waals surface area contributed by atoms with E-state index in [0.29, 0.717) is 5.70 Å². The fourth-order valence-corrected chi connectivity index (χ4v) is 0.771. The lowest BCUT2D eigenvalue weighted by Gasteiger charge is -2.12. The second kappa shape index (κ2) is 3.34. The van der Waals surface area contributed by atoms with Gasteiger partial charge in [-0.1, -0.05) is 12.7 Å². The van der Waals surface area contributed by atoms with Crippen molar-refractivity contribution in [1.29, 1.82) is 0 Å². The highest BCUT2D eigenvalue weighted by Crippen LogP contribution is 1.99. The second-order valence-electron chi connectivity index (χ2n) is 2.45. The third kappa shape index (κ3) is 2.55. The third-order valence-electron chi connectivity index (χ3n) is 1.35. The van der Waals surface area contributed by atoms with Crippen LogP contribution < -0.4 is 5.32 Å². The van der Waals surface area contributed by atoms with Crippen LogP contribution in [0.5, 0.6) is 0 Å². The first-order valence-corrected chi connectivity index (χ1v) is 3.47. The van der Waals surface area contributed by atoms with Crippen LogP contribution >= 0.6 is 0 Å². The molecule has 1 unspecified atom stereocenters. The van der Waals surface area contributed by atoms with Crippen LogP contribution in [0.2, 0.25) is 0 Å². The highest BCUT2D eigenvalue weighted by molar-refractivity contribution is 5.79. The van der Waals surface area contributed by atoms with Crippen molar-refractivity contribution < 1.29 is 9.53 Å². The van der Waals surface area contributed by atoms with E-state index >= 15 is 0 Å². The Bertz CT molecular complexity index is 208. The summed E-state index contributed by atoms with van der Waals surface area (Å²) in [6.07, 6.45) is 3.57. The van der Waals surface area contributed by atoms with Gasteiger partial charge in [-0.15, -0.1) is 0 Å². The molecule has 0 aromatic heterocycles. The molecule has 0 bridgehead atoms. The van der Waals surface area contributed by atoms with E-state index in [2.05, 4.69) is 11.9 Å². The highest BCUT2D eigenvalue weighted by Gasteiger charge is 2.07. The highest BCUT2D eigenvalue weighted by atomic mass is 16.5. The summed E-state index contributed by atoms with van der Waals surface area (Å²) < 4.78 is 5.10. The lowest BCUT2D eigenvalue weighted by atomic mass is 10.3. The van der Waals surface area contributed by atoms with Gasteiger partial charge in [0.1, 0.15) is 6.61 Å². The van der Waals surface area contributed by atoms with E-state index in [1.807, 2.05) is 13.0 Å². The van der Waals surface area contributed by atoms with E-state index in [0.717, 1.165) is 0 Å². The van der Waals surface area contributed by atoms with Crippen LogP contribution in [0.25, 0.3) is 0 Å². The van der Waals surface area contributed by atoms with E-state index in [1.165, 1.54) is 0 Å². The van der Waals surface area contributed by atoms with Gasteiger partial charge in [-0.2, -0.15) is 0 Å². The van der Waals surface area contributed by atoms with Crippen molar-refractivity contribution in [3.05, 3.63) is 24.4 Å². The second-order valence-corrected chi connectivity index (χ2v) is 2.45. The Morgan fingerprint density at radius 3 is 3.27 bits per heavy atom. The first-order valence-electron chi connectivity index (χ1n) is 3.47. The normalized spacial score (nSPS) is 28.6. The summed E-state index contributed by atoms with van der Waals surface area (Å²) in [5.74, 6) is -0.147. The summed E-state index contributed by atoms with van der Waals surface area (Å²) in [6, 6.07) is 0. The van der Waals surface area contributed by atoms with Gasteiger partial charge in [-0.05, 0) is 13.0 Å². The van der Waals surface area contributed by atoms with Crippen molar-refractivity contribution in [3.63, 3.8) is 0 Å². The van der Waals surface area contributed by atoms with E-state index in [9.17, 15) is 4.79 Å². The van der Waals surface area contributed by atoms with Gasteiger partial charge in [0.15, 0.2) is 0 Å². The van der Waals surface area contributed by atoms with Gasteiger partial charge >= 0.3 is 0 Å². The maximum atomic E-state index is 10.9. The lowest BCUT2D eigenvalue weighted by molar-refractivity contribution is -0.125. The van der Waals surface area contributed by atoms with Crippen molar-refractivity contribution in [1.82, 2.24) is 5.32 Å². The number of allylic oxidation sites excluding steroid dienone is 1. The Morgan fingerprint density at radius 1 is 1.82 bits per heavy atom. The van der Waals surface area contributed by atoms with Crippen LogP contribution in [0.4, 0.5) is 0 Å². The summed E-state index contributed by atoms with van der Waals surface area (Å²) in [4.78, 5) is 10.9. The average Bonchev–Trinajstić information content (AvgIpc) is 1.95. The van der Waals surface area contributed by atoms with Crippen molar-refractivity contribution in [2.75, 3.05) is 6.61 Å². The first kappa shape index (κ1) is 8.01. The molecule has 0 aromatic rings. The molecule has 3 heteroatoms. The largest absolute Gasteiger partial charge is 0.365 e. The predicted octanol–water partition coefficient (Wildman–Crippen LogP) is 0.591. The van der Waals surface area contributed by atoms with E-state index < -0.39 is 0 Å². The van der Waals surface area contributed by atoms with E-state index in [1.54, 1.807) is 6.08 Å². The number of ether oxygens (including phenoxy) is 1. The Labute approximate surface area is 65.7 Å². The van der Waals surface area contributed by atoms with Gasteiger partial charge in [0.2, 0.25) is 5.91 Å². The van der Waals surface area contributed by atoms with Gasteiger partial charge in [-0.25, -0.2) is 0 Å². The average molecular weight is 153 g/mol. The number of amides is 1. The number of hydrogen-bond acceptors (Lipinski definition) is 2. The Kier molecular flexibility index (Phi) is 2.44. The summed E-state index contributed by atoms with van der Waals surface area (Å²) >= 11 is 0. The molecule has 3 nitrogen and oxygen atoms in total. The molecule has 1 aliphatic heterocycles. The number of carbonyl (C=O) groups is 1. The molecule has 1 heterocycles. The molecule has 1 aliphatic rings. The molecule has 1 atom stereocenters. The zero-order chi connectivity index (χ0) is 8.27. The maximum Gasteiger partial charge on any atom is 0.250 e. The summed E-state index contributed by atoms with van der Waals surface area (Å²) in [6.45, 7) is 5.61. The van der Waals surface area contributed by atoms with Crippen LogP contribution in [0.1, 0.15) is 6.92 Å². The van der Waals surface area contributed by atoms with Gasteiger partial charge in [0.05, 0.1) is 6.10 Å². The van der Waals surface area contributed by atoms with Gasteiger partial charge in [-0.3, -0.25) is 4.79 Å². The molecular weight excluding hydrogens is 142 g/mol. The molecule has 0 saturated carbocycles. The molecule has 0 aliphatic carbocycles. The fraction of sp³-hybridized carbons (Fsp3) is 0.375. The molecule has 11 heavy (non-hydrogen) atoms. The minimum Gasteiger partial charge on any atom is -0.365 e. The Hall–Kier alpha value is -1.09. The van der Waals surface area contributed by atoms with Crippen LogP contribution in [-0.4, -0.2) is 18.6 Å². The Balaban J connectivity index is 2.65. The van der Waals surface area contributed by atoms with Gasteiger partial charge in [0, 0.05) is 5.70 Å². The van der Waals surface area contributed by atoms with Crippen molar-refractivity contribution in [2.45, 2.75) is 13.0 Å². The van der Waals surface area contributed by atoms with Gasteiger partial charge < -0.3 is 10.1 Å². The molecule has 0 aromatic carbocycles. The number of carbonyl (C=O) groups excluding carboxylic acids is 1. The summed E-state index contributed by atoms with van der Waals surface area (Å²) in [7, 11) is 0. The van der Waals surface area contributed by atoms with E-state index in [4.69, 9.17) is 4.74 Å². The minimum absolute atomic E-state index is 0.0159.